The number of hydrogen-bond donors (Lipinski definition) is 1. The van der Waals surface area contributed by atoms with Crippen LogP contribution in [0, 0.1) is 46.0 Å². The van der Waals surface area contributed by atoms with Crippen molar-refractivity contribution in [2.24, 2.45) is 28.2 Å². The van der Waals surface area contributed by atoms with Crippen LogP contribution in [0.5, 0.6) is 5.75 Å². The second-order valence-corrected chi connectivity index (χ2v) is 9.60. The van der Waals surface area contributed by atoms with Crippen molar-refractivity contribution in [2.45, 2.75) is 57.6 Å². The van der Waals surface area contributed by atoms with Crippen molar-refractivity contribution in [3.63, 3.8) is 0 Å². The fourth-order valence-corrected chi connectivity index (χ4v) is 5.92. The quantitative estimate of drug-likeness (QED) is 0.455. The monoisotopic (exact) mass is 396 g/mol. The Kier molecular flexibility index (Phi) is 4.76. The third kappa shape index (κ3) is 3.45. The first-order valence-electron chi connectivity index (χ1n) is 9.94. The van der Waals surface area contributed by atoms with Gasteiger partial charge in [-0.15, -0.1) is 0 Å². The van der Waals surface area contributed by atoms with E-state index in [0.29, 0.717) is 34.4 Å². The van der Waals surface area contributed by atoms with Gasteiger partial charge >= 0.3 is 0 Å². The first-order chi connectivity index (χ1) is 13.3. The Labute approximate surface area is 171 Å². The van der Waals surface area contributed by atoms with Gasteiger partial charge in [-0.05, 0) is 88.0 Å². The molecular weight excluding hydrogens is 372 g/mol. The molecule has 5 nitrogen and oxygen atoms in total. The van der Waals surface area contributed by atoms with Crippen molar-refractivity contribution in [3.05, 3.63) is 29.3 Å². The molecule has 6 heteroatoms. The van der Waals surface area contributed by atoms with E-state index in [2.05, 4.69) is 16.4 Å². The lowest BCUT2D eigenvalue weighted by Crippen LogP contribution is -2.61. The van der Waals surface area contributed by atoms with Gasteiger partial charge in [0.1, 0.15) is 5.75 Å². The Morgan fingerprint density at radius 2 is 1.82 bits per heavy atom. The minimum absolute atomic E-state index is 0.128. The van der Waals surface area contributed by atoms with Gasteiger partial charge in [0.05, 0.1) is 11.5 Å². The van der Waals surface area contributed by atoms with Gasteiger partial charge in [-0.2, -0.15) is 15.5 Å². The summed E-state index contributed by atoms with van der Waals surface area (Å²) < 4.78 is 6.15. The Balaban J connectivity index is 1.53. The molecule has 2 atom stereocenters. The Morgan fingerprint density at radius 1 is 1.18 bits per heavy atom. The first kappa shape index (κ1) is 19.1. The van der Waals surface area contributed by atoms with Gasteiger partial charge in [-0.1, -0.05) is 11.6 Å². The van der Waals surface area contributed by atoms with Crippen LogP contribution in [-0.2, 0) is 0 Å². The lowest BCUT2D eigenvalue weighted by Gasteiger charge is -2.58. The van der Waals surface area contributed by atoms with Crippen molar-refractivity contribution in [2.75, 3.05) is 0 Å². The number of halogens is 1. The van der Waals surface area contributed by atoms with Crippen LogP contribution in [0.15, 0.2) is 29.3 Å². The summed E-state index contributed by atoms with van der Waals surface area (Å²) in [7, 11) is 0. The van der Waals surface area contributed by atoms with Crippen LogP contribution in [0.4, 0.5) is 0 Å². The van der Waals surface area contributed by atoms with E-state index in [0.717, 1.165) is 32.1 Å². The van der Waals surface area contributed by atoms with Crippen molar-refractivity contribution >= 4 is 17.4 Å². The van der Waals surface area contributed by atoms with E-state index < -0.39 is 5.60 Å². The average Bonchev–Trinajstić information content (AvgIpc) is 2.65. The molecule has 1 N–H and O–H groups in total. The first-order valence-corrected chi connectivity index (χ1v) is 10.3. The van der Waals surface area contributed by atoms with E-state index >= 15 is 0 Å². The molecule has 0 aromatic heterocycles. The summed E-state index contributed by atoms with van der Waals surface area (Å²) >= 11 is 5.96. The predicted molar refractivity (Wildman–Crippen MR) is 108 cm³/mol. The molecule has 0 aliphatic heterocycles. The number of ether oxygens (including phenoxy) is 1. The maximum Gasteiger partial charge on any atom is 0.207 e. The van der Waals surface area contributed by atoms with E-state index in [-0.39, 0.29) is 11.5 Å². The summed E-state index contributed by atoms with van der Waals surface area (Å²) in [5.41, 5.74) is -0.915. The molecule has 4 aliphatic rings. The zero-order valence-electron chi connectivity index (χ0n) is 16.3. The summed E-state index contributed by atoms with van der Waals surface area (Å²) in [6, 6.07) is 10.1. The maximum atomic E-state index is 9.73. The number of rotatable bonds is 4. The van der Waals surface area contributed by atoms with E-state index in [1.807, 2.05) is 32.2 Å². The molecule has 0 radical (unpaired) electrons. The molecule has 5 rings (SSSR count). The summed E-state index contributed by atoms with van der Waals surface area (Å²) in [6.07, 6.45) is 7.22. The third-order valence-electron chi connectivity index (χ3n) is 6.73. The third-order valence-corrected chi connectivity index (χ3v) is 6.98. The molecule has 0 saturated heterocycles. The molecule has 4 aliphatic carbocycles. The lowest BCUT2D eigenvalue weighted by molar-refractivity contribution is -0.0429. The van der Waals surface area contributed by atoms with E-state index in [1.165, 1.54) is 0 Å². The van der Waals surface area contributed by atoms with E-state index in [9.17, 15) is 10.5 Å². The molecule has 146 valence electrons. The second kappa shape index (κ2) is 6.98. The minimum atomic E-state index is -0.787. The molecule has 4 fully saturated rings. The van der Waals surface area contributed by atoms with Crippen LogP contribution in [-0.4, -0.2) is 17.5 Å². The zero-order chi connectivity index (χ0) is 19.9. The molecule has 2 unspecified atom stereocenters. The number of nitrogens with one attached hydrogen (secondary N) is 1. The summed E-state index contributed by atoms with van der Waals surface area (Å²) in [4.78, 5) is 4.09. The van der Waals surface area contributed by atoms with Gasteiger partial charge in [0.15, 0.2) is 11.4 Å². The number of amidine groups is 1. The molecule has 28 heavy (non-hydrogen) atoms. The van der Waals surface area contributed by atoms with E-state index in [4.69, 9.17) is 16.3 Å². The largest absolute Gasteiger partial charge is 0.480 e. The fourth-order valence-electron chi connectivity index (χ4n) is 5.79. The average molecular weight is 397 g/mol. The van der Waals surface area contributed by atoms with Gasteiger partial charge < -0.3 is 10.1 Å². The van der Waals surface area contributed by atoms with Gasteiger partial charge in [-0.25, -0.2) is 0 Å². The summed E-state index contributed by atoms with van der Waals surface area (Å²) in [5, 5.41) is 23.2. The van der Waals surface area contributed by atoms with Crippen molar-refractivity contribution in [1.29, 1.82) is 10.5 Å². The summed E-state index contributed by atoms with van der Waals surface area (Å²) in [6.45, 7) is 3.83. The number of hydrogen-bond acceptors (Lipinski definition) is 4. The summed E-state index contributed by atoms with van der Waals surface area (Å²) in [5.74, 6) is 2.82. The Morgan fingerprint density at radius 3 is 2.39 bits per heavy atom. The number of benzene rings is 1. The Bertz CT molecular complexity index is 848. The number of nitriles is 2. The standard InChI is InChI=1S/C22H25ClN4O/c1-21(2,28-18-5-3-17(23)4-6-18)20(26-13-25)27-19-15-7-14-8-16(19)11-22(9-14,10-15)12-24/h3-6,14-16,19H,7-11H2,1-2H3,(H,26,27). The van der Waals surface area contributed by atoms with Gasteiger partial charge in [0, 0.05) is 11.1 Å². The van der Waals surface area contributed by atoms with Crippen molar-refractivity contribution in [3.8, 4) is 18.0 Å². The predicted octanol–water partition coefficient (Wildman–Crippen LogP) is 4.69. The van der Waals surface area contributed by atoms with Crippen LogP contribution in [0.1, 0.15) is 46.0 Å². The topological polar surface area (TPSA) is 81.2 Å². The highest BCUT2D eigenvalue weighted by atomic mass is 35.5. The van der Waals surface area contributed by atoms with Crippen LogP contribution < -0.4 is 10.1 Å². The molecule has 0 amide bonds. The molecule has 0 heterocycles. The highest BCUT2D eigenvalue weighted by molar-refractivity contribution is 6.30. The fraction of sp³-hybridized carbons (Fsp3) is 0.591. The maximum absolute atomic E-state index is 9.73. The molecular formula is C22H25ClN4O. The van der Waals surface area contributed by atoms with Crippen LogP contribution in [0.3, 0.4) is 0 Å². The SMILES string of the molecule is CC(C)(Oc1ccc(Cl)cc1)/C(=N\C#N)NC1C2CC3CC1CC(C#N)(C3)C2. The molecule has 1 aromatic rings. The van der Waals surface area contributed by atoms with Crippen LogP contribution in [0.25, 0.3) is 0 Å². The van der Waals surface area contributed by atoms with Gasteiger partial charge in [0.2, 0.25) is 6.19 Å². The Hall–Kier alpha value is -2.24. The van der Waals surface area contributed by atoms with Gasteiger partial charge in [0.25, 0.3) is 0 Å². The molecule has 4 saturated carbocycles. The molecule has 4 bridgehead atoms. The molecule has 1 aromatic carbocycles. The smallest absolute Gasteiger partial charge is 0.207 e. The van der Waals surface area contributed by atoms with Crippen molar-refractivity contribution in [1.82, 2.24) is 5.32 Å². The highest BCUT2D eigenvalue weighted by Crippen LogP contribution is 2.59. The van der Waals surface area contributed by atoms with Crippen molar-refractivity contribution < 1.29 is 4.74 Å². The van der Waals surface area contributed by atoms with Crippen LogP contribution in [0.2, 0.25) is 5.02 Å². The van der Waals surface area contributed by atoms with E-state index in [1.54, 1.807) is 12.1 Å². The minimum Gasteiger partial charge on any atom is -0.480 e. The number of nitrogens with zero attached hydrogens (tertiary/aromatic N) is 3. The lowest BCUT2D eigenvalue weighted by atomic mass is 9.48. The zero-order valence-corrected chi connectivity index (χ0v) is 17.0. The van der Waals surface area contributed by atoms with Crippen LogP contribution >= 0.6 is 11.6 Å². The highest BCUT2D eigenvalue weighted by Gasteiger charge is 2.56. The normalized spacial score (nSPS) is 33.8. The van der Waals surface area contributed by atoms with Gasteiger partial charge in [-0.3, -0.25) is 0 Å². The second-order valence-electron chi connectivity index (χ2n) is 9.16. The number of aliphatic imine (C=N–C) groups is 1. The molecule has 0 spiro atoms.